The molecule has 1 atom stereocenters. The molecule has 1 saturated heterocycles. The third-order valence-electron chi connectivity index (χ3n) is 3.32. The van der Waals surface area contributed by atoms with Crippen molar-refractivity contribution in [2.75, 3.05) is 32.0 Å². The molecule has 1 N–H and O–H groups in total. The Kier molecular flexibility index (Phi) is 3.49. The average Bonchev–Trinajstić information content (AvgIpc) is 2.54. The topological polar surface area (TPSA) is 33.1 Å². The fourth-order valence-electron chi connectivity index (χ4n) is 2.47. The van der Waals surface area contributed by atoms with Gasteiger partial charge in [-0.15, -0.1) is 0 Å². The zero-order valence-electron chi connectivity index (χ0n) is 10.5. The summed E-state index contributed by atoms with van der Waals surface area (Å²) in [5, 5.41) is 7.85. The van der Waals surface area contributed by atoms with Gasteiger partial charge in [-0.05, 0) is 39.3 Å². The molecule has 1 aromatic rings. The molecule has 1 aliphatic heterocycles. The van der Waals surface area contributed by atoms with Crippen LogP contribution in [0.25, 0.3) is 0 Å². The number of hydrogen-bond acceptors (Lipinski definition) is 3. The second-order valence-electron chi connectivity index (χ2n) is 4.95. The number of rotatable bonds is 3. The van der Waals surface area contributed by atoms with Crippen LogP contribution >= 0.6 is 0 Å². The van der Waals surface area contributed by atoms with Crippen molar-refractivity contribution < 1.29 is 0 Å². The predicted octanol–water partition coefficient (Wildman–Crippen LogP) is 1.48. The zero-order chi connectivity index (χ0) is 11.5. The summed E-state index contributed by atoms with van der Waals surface area (Å²) in [6.45, 7) is 5.58. The van der Waals surface area contributed by atoms with Gasteiger partial charge in [-0.1, -0.05) is 0 Å². The minimum atomic E-state index is 0.776. The molecular formula is C12H22N4. The van der Waals surface area contributed by atoms with Crippen molar-refractivity contribution in [1.29, 1.82) is 0 Å². The molecule has 16 heavy (non-hydrogen) atoms. The number of anilines is 1. The van der Waals surface area contributed by atoms with E-state index >= 15 is 0 Å². The first-order valence-electron chi connectivity index (χ1n) is 6.08. The summed E-state index contributed by atoms with van der Waals surface area (Å²) in [7, 11) is 4.17. The molecule has 2 rings (SSSR count). The Balaban J connectivity index is 1.85. The van der Waals surface area contributed by atoms with Gasteiger partial charge in [-0.25, -0.2) is 0 Å². The van der Waals surface area contributed by atoms with Gasteiger partial charge in [0.1, 0.15) is 0 Å². The summed E-state index contributed by atoms with van der Waals surface area (Å²) in [5.74, 6) is 0.776. The minimum absolute atomic E-state index is 0.776. The molecule has 0 spiro atoms. The molecule has 0 amide bonds. The highest BCUT2D eigenvalue weighted by atomic mass is 15.3. The van der Waals surface area contributed by atoms with Crippen LogP contribution < -0.4 is 5.32 Å². The number of hydrogen-bond donors (Lipinski definition) is 1. The van der Waals surface area contributed by atoms with E-state index in [2.05, 4.69) is 35.5 Å². The van der Waals surface area contributed by atoms with Crippen molar-refractivity contribution in [3.63, 3.8) is 0 Å². The summed E-state index contributed by atoms with van der Waals surface area (Å²) in [6, 6.07) is 0. The Morgan fingerprint density at radius 2 is 2.31 bits per heavy atom. The van der Waals surface area contributed by atoms with E-state index in [0.29, 0.717) is 0 Å². The van der Waals surface area contributed by atoms with E-state index in [1.807, 2.05) is 11.7 Å². The van der Waals surface area contributed by atoms with Crippen LogP contribution in [0.15, 0.2) is 6.20 Å². The normalized spacial score (nSPS) is 22.3. The van der Waals surface area contributed by atoms with Crippen molar-refractivity contribution in [2.45, 2.75) is 19.8 Å². The number of aromatic nitrogens is 2. The van der Waals surface area contributed by atoms with Crippen LogP contribution in [-0.2, 0) is 7.05 Å². The van der Waals surface area contributed by atoms with Crippen LogP contribution in [0.2, 0.25) is 0 Å². The van der Waals surface area contributed by atoms with E-state index in [1.165, 1.54) is 31.6 Å². The maximum atomic E-state index is 4.33. The Hall–Kier alpha value is -1.03. The minimum Gasteiger partial charge on any atom is -0.382 e. The first kappa shape index (κ1) is 11.5. The standard InChI is InChI=1S/C12H22N4/c1-10-12(9-16(3)14-10)13-7-11-5-4-6-15(2)8-11/h9,11,13H,4-8H2,1-3H3. The highest BCUT2D eigenvalue weighted by Crippen LogP contribution is 2.17. The van der Waals surface area contributed by atoms with Crippen LogP contribution in [-0.4, -0.2) is 41.4 Å². The molecule has 1 unspecified atom stereocenters. The average molecular weight is 222 g/mol. The third kappa shape index (κ3) is 2.76. The molecule has 0 aliphatic carbocycles. The van der Waals surface area contributed by atoms with Crippen molar-refractivity contribution in [3.05, 3.63) is 11.9 Å². The van der Waals surface area contributed by atoms with E-state index in [1.54, 1.807) is 0 Å². The van der Waals surface area contributed by atoms with Crippen LogP contribution in [0.4, 0.5) is 5.69 Å². The van der Waals surface area contributed by atoms with Gasteiger partial charge in [0.2, 0.25) is 0 Å². The molecule has 0 bridgehead atoms. The summed E-state index contributed by atoms with van der Waals surface area (Å²) in [5.41, 5.74) is 2.27. The fraction of sp³-hybridized carbons (Fsp3) is 0.750. The van der Waals surface area contributed by atoms with Crippen LogP contribution in [0, 0.1) is 12.8 Å². The van der Waals surface area contributed by atoms with Crippen LogP contribution in [0.3, 0.4) is 0 Å². The lowest BCUT2D eigenvalue weighted by atomic mass is 9.98. The first-order chi connectivity index (χ1) is 7.65. The summed E-state index contributed by atoms with van der Waals surface area (Å²) in [6.07, 6.45) is 4.73. The van der Waals surface area contributed by atoms with Gasteiger partial charge in [-0.3, -0.25) is 4.68 Å². The van der Waals surface area contributed by atoms with Gasteiger partial charge in [0.25, 0.3) is 0 Å². The summed E-state index contributed by atoms with van der Waals surface area (Å²) < 4.78 is 1.87. The maximum Gasteiger partial charge on any atom is 0.0824 e. The molecular weight excluding hydrogens is 200 g/mol. The lowest BCUT2D eigenvalue weighted by Crippen LogP contribution is -2.35. The van der Waals surface area contributed by atoms with Gasteiger partial charge in [0, 0.05) is 26.3 Å². The molecule has 2 heterocycles. The largest absolute Gasteiger partial charge is 0.382 e. The second kappa shape index (κ2) is 4.87. The van der Waals surface area contributed by atoms with Crippen molar-refractivity contribution >= 4 is 5.69 Å². The molecule has 0 saturated carbocycles. The van der Waals surface area contributed by atoms with Crippen molar-refractivity contribution in [1.82, 2.24) is 14.7 Å². The molecule has 90 valence electrons. The van der Waals surface area contributed by atoms with E-state index in [9.17, 15) is 0 Å². The first-order valence-corrected chi connectivity index (χ1v) is 6.08. The Labute approximate surface area is 97.6 Å². The Morgan fingerprint density at radius 3 is 2.94 bits per heavy atom. The number of likely N-dealkylation sites (tertiary alicyclic amines) is 1. The quantitative estimate of drug-likeness (QED) is 0.841. The summed E-state index contributed by atoms with van der Waals surface area (Å²) >= 11 is 0. The molecule has 1 aromatic heterocycles. The van der Waals surface area contributed by atoms with Gasteiger partial charge in [0.15, 0.2) is 0 Å². The van der Waals surface area contributed by atoms with Gasteiger partial charge in [-0.2, -0.15) is 5.10 Å². The van der Waals surface area contributed by atoms with Crippen LogP contribution in [0.5, 0.6) is 0 Å². The SMILES string of the molecule is Cc1nn(C)cc1NCC1CCCN(C)C1. The number of nitrogens with one attached hydrogen (secondary N) is 1. The molecule has 0 aromatic carbocycles. The number of nitrogens with zero attached hydrogens (tertiary/aromatic N) is 3. The van der Waals surface area contributed by atoms with Crippen LogP contribution in [0.1, 0.15) is 18.5 Å². The van der Waals surface area contributed by atoms with Crippen molar-refractivity contribution in [3.8, 4) is 0 Å². The van der Waals surface area contributed by atoms with Gasteiger partial charge < -0.3 is 10.2 Å². The fourth-order valence-corrected chi connectivity index (χ4v) is 2.47. The molecule has 4 nitrogen and oxygen atoms in total. The zero-order valence-corrected chi connectivity index (χ0v) is 10.5. The monoisotopic (exact) mass is 222 g/mol. The van der Waals surface area contributed by atoms with E-state index in [-0.39, 0.29) is 0 Å². The lowest BCUT2D eigenvalue weighted by molar-refractivity contribution is 0.217. The third-order valence-corrected chi connectivity index (χ3v) is 3.32. The molecule has 0 radical (unpaired) electrons. The number of aryl methyl sites for hydroxylation is 2. The highest BCUT2D eigenvalue weighted by molar-refractivity contribution is 5.45. The highest BCUT2D eigenvalue weighted by Gasteiger charge is 2.17. The van der Waals surface area contributed by atoms with E-state index in [4.69, 9.17) is 0 Å². The van der Waals surface area contributed by atoms with E-state index < -0.39 is 0 Å². The smallest absolute Gasteiger partial charge is 0.0824 e. The second-order valence-corrected chi connectivity index (χ2v) is 4.95. The van der Waals surface area contributed by atoms with Gasteiger partial charge in [0.05, 0.1) is 11.4 Å². The molecule has 1 fully saturated rings. The van der Waals surface area contributed by atoms with Crippen molar-refractivity contribution in [2.24, 2.45) is 13.0 Å². The Bertz CT molecular complexity index is 345. The Morgan fingerprint density at radius 1 is 1.50 bits per heavy atom. The van der Waals surface area contributed by atoms with E-state index in [0.717, 1.165) is 18.2 Å². The maximum absolute atomic E-state index is 4.33. The lowest BCUT2D eigenvalue weighted by Gasteiger charge is -2.29. The van der Waals surface area contributed by atoms with Gasteiger partial charge >= 0.3 is 0 Å². The summed E-state index contributed by atoms with van der Waals surface area (Å²) in [4.78, 5) is 2.42. The molecule has 4 heteroatoms. The predicted molar refractivity (Wildman–Crippen MR) is 66.7 cm³/mol. The number of piperidine rings is 1. The molecule has 1 aliphatic rings.